The molecular weight excluding hydrogens is 302 g/mol. The standard InChI is InChI=1S/C15H12BClN2O3/c1-8-14(18-3)7-13(17)15(19-8)21-10-4-5-12-11(6-10)9(2)22-16(12)20/h4-7,9,20H,1-2H3. The van der Waals surface area contributed by atoms with Crippen molar-refractivity contribution in [1.29, 1.82) is 0 Å². The number of halogens is 1. The fourth-order valence-corrected chi connectivity index (χ4v) is 2.56. The summed E-state index contributed by atoms with van der Waals surface area (Å²) < 4.78 is 11.1. The van der Waals surface area contributed by atoms with E-state index in [-0.39, 0.29) is 17.0 Å². The van der Waals surface area contributed by atoms with Gasteiger partial charge in [-0.05, 0) is 43.1 Å². The van der Waals surface area contributed by atoms with E-state index in [4.69, 9.17) is 27.6 Å². The van der Waals surface area contributed by atoms with Crippen molar-refractivity contribution < 1.29 is 14.4 Å². The van der Waals surface area contributed by atoms with Crippen LogP contribution in [0, 0.1) is 13.5 Å². The third kappa shape index (κ3) is 2.55. The Morgan fingerprint density at radius 1 is 1.45 bits per heavy atom. The zero-order chi connectivity index (χ0) is 15.9. The van der Waals surface area contributed by atoms with Crippen LogP contribution >= 0.6 is 11.6 Å². The van der Waals surface area contributed by atoms with Gasteiger partial charge in [0.15, 0.2) is 0 Å². The third-order valence-corrected chi connectivity index (χ3v) is 3.81. The number of ether oxygens (including phenoxy) is 1. The Labute approximate surface area is 133 Å². The molecule has 7 heteroatoms. The predicted octanol–water partition coefficient (Wildman–Crippen LogP) is 3.17. The van der Waals surface area contributed by atoms with Crippen molar-refractivity contribution in [3.05, 3.63) is 52.0 Å². The third-order valence-electron chi connectivity index (χ3n) is 3.54. The monoisotopic (exact) mass is 314 g/mol. The van der Waals surface area contributed by atoms with Crippen molar-refractivity contribution in [3.63, 3.8) is 0 Å². The summed E-state index contributed by atoms with van der Waals surface area (Å²) in [6.07, 6.45) is -0.205. The topological polar surface area (TPSA) is 55.9 Å². The van der Waals surface area contributed by atoms with Crippen LogP contribution in [0.5, 0.6) is 11.6 Å². The van der Waals surface area contributed by atoms with E-state index in [0.29, 0.717) is 17.1 Å². The normalized spacial score (nSPS) is 16.3. The lowest BCUT2D eigenvalue weighted by molar-refractivity contribution is 0.208. The number of rotatable bonds is 2. The molecule has 0 aliphatic carbocycles. The summed E-state index contributed by atoms with van der Waals surface area (Å²) in [4.78, 5) is 7.57. The molecule has 1 aromatic carbocycles. The quantitative estimate of drug-likeness (QED) is 0.683. The van der Waals surface area contributed by atoms with E-state index in [1.54, 1.807) is 25.1 Å². The molecule has 1 unspecified atom stereocenters. The van der Waals surface area contributed by atoms with Gasteiger partial charge in [-0.25, -0.2) is 9.83 Å². The van der Waals surface area contributed by atoms with Crippen LogP contribution in [-0.4, -0.2) is 17.1 Å². The van der Waals surface area contributed by atoms with E-state index in [1.807, 2.05) is 6.92 Å². The second-order valence-corrected chi connectivity index (χ2v) is 5.42. The molecule has 0 fully saturated rings. The van der Waals surface area contributed by atoms with Gasteiger partial charge in [0.25, 0.3) is 0 Å². The Bertz CT molecular complexity index is 791. The minimum atomic E-state index is -0.902. The summed E-state index contributed by atoms with van der Waals surface area (Å²) >= 11 is 6.10. The van der Waals surface area contributed by atoms with Crippen molar-refractivity contribution in [2.45, 2.75) is 20.0 Å². The van der Waals surface area contributed by atoms with Crippen molar-refractivity contribution >= 4 is 29.9 Å². The zero-order valence-corrected chi connectivity index (χ0v) is 12.8. The van der Waals surface area contributed by atoms with Gasteiger partial charge in [-0.3, -0.25) is 0 Å². The van der Waals surface area contributed by atoms with E-state index in [9.17, 15) is 5.02 Å². The number of fused-ring (bicyclic) bond motifs is 1. The van der Waals surface area contributed by atoms with Crippen LogP contribution in [0.4, 0.5) is 5.69 Å². The van der Waals surface area contributed by atoms with Gasteiger partial charge in [0, 0.05) is 5.69 Å². The van der Waals surface area contributed by atoms with Gasteiger partial charge in [0.05, 0.1) is 17.7 Å². The minimum absolute atomic E-state index is 0.205. The summed E-state index contributed by atoms with van der Waals surface area (Å²) in [6, 6.07) is 6.81. The lowest BCUT2D eigenvalue weighted by Crippen LogP contribution is -2.27. The smallest absolute Gasteiger partial charge is 0.438 e. The molecule has 0 spiro atoms. The van der Waals surface area contributed by atoms with Gasteiger partial charge in [0.2, 0.25) is 11.6 Å². The fraction of sp³-hybridized carbons (Fsp3) is 0.200. The molecule has 22 heavy (non-hydrogen) atoms. The molecule has 1 aliphatic heterocycles. The summed E-state index contributed by atoms with van der Waals surface area (Å²) in [5.41, 5.74) is 2.56. The number of benzene rings is 1. The molecule has 2 aromatic rings. The summed E-state index contributed by atoms with van der Waals surface area (Å²) in [5, 5.41) is 10.0. The molecule has 0 saturated carbocycles. The maximum atomic E-state index is 9.75. The molecule has 2 heterocycles. The Kier molecular flexibility index (Phi) is 3.79. The van der Waals surface area contributed by atoms with Crippen molar-refractivity contribution in [2.24, 2.45) is 0 Å². The Morgan fingerprint density at radius 3 is 2.95 bits per heavy atom. The van der Waals surface area contributed by atoms with E-state index < -0.39 is 7.12 Å². The minimum Gasteiger partial charge on any atom is -0.438 e. The zero-order valence-electron chi connectivity index (χ0n) is 12.0. The van der Waals surface area contributed by atoms with Crippen molar-refractivity contribution in [2.75, 3.05) is 0 Å². The van der Waals surface area contributed by atoms with Gasteiger partial charge in [-0.2, -0.15) is 0 Å². The molecule has 0 bridgehead atoms. The first-order valence-corrected chi connectivity index (χ1v) is 7.07. The largest absolute Gasteiger partial charge is 0.491 e. The maximum Gasteiger partial charge on any atom is 0.491 e. The molecular formula is C15H12BClN2O3. The first-order chi connectivity index (χ1) is 10.5. The Morgan fingerprint density at radius 2 is 2.23 bits per heavy atom. The number of hydrogen-bond acceptors (Lipinski definition) is 4. The number of hydrogen-bond donors (Lipinski definition) is 1. The average Bonchev–Trinajstić information content (AvgIpc) is 2.77. The molecule has 0 saturated heterocycles. The first-order valence-electron chi connectivity index (χ1n) is 6.69. The Balaban J connectivity index is 1.94. The molecule has 0 amide bonds. The lowest BCUT2D eigenvalue weighted by Gasteiger charge is -2.10. The van der Waals surface area contributed by atoms with Crippen molar-refractivity contribution in [1.82, 2.24) is 4.98 Å². The molecule has 1 N–H and O–H groups in total. The van der Waals surface area contributed by atoms with Crippen molar-refractivity contribution in [3.8, 4) is 11.6 Å². The molecule has 3 rings (SSSR count). The summed E-state index contributed by atoms with van der Waals surface area (Å²) in [6.45, 7) is 10.6. The van der Waals surface area contributed by atoms with Crippen LogP contribution < -0.4 is 10.2 Å². The first kappa shape index (κ1) is 14.9. The summed E-state index contributed by atoms with van der Waals surface area (Å²) in [5.74, 6) is 0.797. The average molecular weight is 315 g/mol. The highest BCUT2D eigenvalue weighted by Crippen LogP contribution is 2.34. The molecule has 110 valence electrons. The number of aromatic nitrogens is 1. The SMILES string of the molecule is [C-]#[N+]c1cc(Cl)c(Oc2ccc3c(c2)C(C)OB3O)nc1C. The molecule has 0 radical (unpaired) electrons. The van der Waals surface area contributed by atoms with Gasteiger partial charge in [0.1, 0.15) is 5.75 Å². The van der Waals surface area contributed by atoms with E-state index >= 15 is 0 Å². The number of pyridine rings is 1. The van der Waals surface area contributed by atoms with E-state index in [2.05, 4.69) is 9.83 Å². The van der Waals surface area contributed by atoms with Crippen LogP contribution in [0.25, 0.3) is 4.85 Å². The highest BCUT2D eigenvalue weighted by molar-refractivity contribution is 6.61. The van der Waals surface area contributed by atoms with Crippen LogP contribution in [-0.2, 0) is 4.65 Å². The van der Waals surface area contributed by atoms with Crippen LogP contribution in [0.1, 0.15) is 24.3 Å². The van der Waals surface area contributed by atoms with Crippen LogP contribution in [0.15, 0.2) is 24.3 Å². The molecule has 1 aliphatic rings. The lowest BCUT2D eigenvalue weighted by atomic mass is 9.79. The van der Waals surface area contributed by atoms with Gasteiger partial charge in [-0.15, -0.1) is 0 Å². The highest BCUT2D eigenvalue weighted by Gasteiger charge is 2.32. The fourth-order valence-electron chi connectivity index (χ4n) is 2.38. The van der Waals surface area contributed by atoms with Crippen LogP contribution in [0.3, 0.4) is 0 Å². The number of aryl methyl sites for hydroxylation is 1. The van der Waals surface area contributed by atoms with Crippen LogP contribution in [0.2, 0.25) is 5.02 Å². The van der Waals surface area contributed by atoms with E-state index in [0.717, 1.165) is 11.0 Å². The second kappa shape index (κ2) is 5.62. The highest BCUT2D eigenvalue weighted by atomic mass is 35.5. The van der Waals surface area contributed by atoms with Gasteiger partial charge < -0.3 is 14.4 Å². The van der Waals surface area contributed by atoms with E-state index in [1.165, 1.54) is 6.07 Å². The van der Waals surface area contributed by atoms with Gasteiger partial charge in [-0.1, -0.05) is 17.7 Å². The van der Waals surface area contributed by atoms with Gasteiger partial charge >= 0.3 is 7.12 Å². The molecule has 1 aromatic heterocycles. The second-order valence-electron chi connectivity index (χ2n) is 5.02. The molecule has 5 nitrogen and oxygen atoms in total. The summed E-state index contributed by atoms with van der Waals surface area (Å²) in [7, 11) is -0.902. The number of nitrogens with zero attached hydrogens (tertiary/aromatic N) is 2. The molecule has 1 atom stereocenters. The Hall–Kier alpha value is -2.07. The predicted molar refractivity (Wildman–Crippen MR) is 83.9 cm³/mol. The maximum absolute atomic E-state index is 9.75.